The molecule has 0 atom stereocenters. The van der Waals surface area contributed by atoms with Crippen molar-refractivity contribution in [1.82, 2.24) is 9.80 Å². The van der Waals surface area contributed by atoms with Crippen molar-refractivity contribution >= 4 is 11.9 Å². The third-order valence-electron chi connectivity index (χ3n) is 6.64. The standard InChI is InChI=1S/C28H41N5O3/c1-32(2)24-13-15-33(16-14-24)20-22-5-9-23(10-6-22)25-11-7-21(8-12-27(34)31-28(29)30)19-26(25)36-18-4-17-35-3/h5-7,9-11,19,24H,4,8,12-18,20H2,1-3H3,(H4,29,30,31,34). The maximum absolute atomic E-state index is 11.9. The average molecular weight is 496 g/mol. The van der Waals surface area contributed by atoms with Gasteiger partial charge in [0.15, 0.2) is 5.96 Å². The predicted molar refractivity (Wildman–Crippen MR) is 145 cm³/mol. The third-order valence-corrected chi connectivity index (χ3v) is 6.64. The van der Waals surface area contributed by atoms with E-state index in [-0.39, 0.29) is 18.3 Å². The summed E-state index contributed by atoms with van der Waals surface area (Å²) < 4.78 is 11.3. The van der Waals surface area contributed by atoms with Crippen molar-refractivity contribution < 1.29 is 14.3 Å². The van der Waals surface area contributed by atoms with Crippen molar-refractivity contribution in [1.29, 1.82) is 0 Å². The van der Waals surface area contributed by atoms with E-state index in [4.69, 9.17) is 20.9 Å². The van der Waals surface area contributed by atoms with Gasteiger partial charge in [-0.05, 0) is 69.2 Å². The molecule has 3 rings (SSSR count). The van der Waals surface area contributed by atoms with Crippen molar-refractivity contribution in [3.05, 3.63) is 53.6 Å². The van der Waals surface area contributed by atoms with E-state index in [0.29, 0.717) is 25.7 Å². The number of carbonyl (C=O) groups is 1. The van der Waals surface area contributed by atoms with Crippen LogP contribution in [0.15, 0.2) is 47.5 Å². The van der Waals surface area contributed by atoms with E-state index in [1.807, 2.05) is 12.1 Å². The normalized spacial score (nSPS) is 14.7. The number of rotatable bonds is 12. The summed E-state index contributed by atoms with van der Waals surface area (Å²) in [5.74, 6) is 0.263. The summed E-state index contributed by atoms with van der Waals surface area (Å²) in [6, 6.07) is 15.6. The van der Waals surface area contributed by atoms with Crippen LogP contribution < -0.4 is 16.2 Å². The Morgan fingerprint density at radius 1 is 1.06 bits per heavy atom. The van der Waals surface area contributed by atoms with Gasteiger partial charge in [-0.3, -0.25) is 9.69 Å². The lowest BCUT2D eigenvalue weighted by Crippen LogP contribution is -2.41. The molecule has 2 aromatic rings. The molecule has 0 unspecified atom stereocenters. The highest BCUT2D eigenvalue weighted by Crippen LogP contribution is 2.32. The Kier molecular flexibility index (Phi) is 10.7. The van der Waals surface area contributed by atoms with E-state index in [1.54, 1.807) is 7.11 Å². The molecule has 8 heteroatoms. The number of piperidine rings is 1. The Morgan fingerprint density at radius 2 is 1.75 bits per heavy atom. The number of methoxy groups -OCH3 is 1. The number of aliphatic imine (C=N–C) groups is 1. The molecule has 0 spiro atoms. The van der Waals surface area contributed by atoms with Crippen molar-refractivity contribution in [2.45, 2.75) is 44.7 Å². The summed E-state index contributed by atoms with van der Waals surface area (Å²) in [5, 5.41) is 0. The Balaban J connectivity index is 1.68. The van der Waals surface area contributed by atoms with Gasteiger partial charge in [-0.1, -0.05) is 36.4 Å². The summed E-state index contributed by atoms with van der Waals surface area (Å²) in [6.45, 7) is 4.44. The number of hydrogen-bond acceptors (Lipinski definition) is 5. The molecule has 1 aliphatic rings. The van der Waals surface area contributed by atoms with Crippen LogP contribution in [0.5, 0.6) is 5.75 Å². The van der Waals surface area contributed by atoms with E-state index in [9.17, 15) is 4.79 Å². The van der Waals surface area contributed by atoms with Crippen LogP contribution >= 0.6 is 0 Å². The van der Waals surface area contributed by atoms with Crippen LogP contribution in [0.4, 0.5) is 0 Å². The lowest BCUT2D eigenvalue weighted by molar-refractivity contribution is -0.117. The molecule has 4 N–H and O–H groups in total. The molecule has 0 aliphatic carbocycles. The second kappa shape index (κ2) is 14.0. The first-order chi connectivity index (χ1) is 17.4. The molecule has 196 valence electrons. The molecule has 1 amide bonds. The van der Waals surface area contributed by atoms with Gasteiger partial charge in [0, 0.05) is 44.7 Å². The number of amides is 1. The van der Waals surface area contributed by atoms with E-state index < -0.39 is 0 Å². The van der Waals surface area contributed by atoms with Gasteiger partial charge in [0.2, 0.25) is 5.91 Å². The van der Waals surface area contributed by atoms with Gasteiger partial charge < -0.3 is 25.8 Å². The van der Waals surface area contributed by atoms with Gasteiger partial charge in [0.05, 0.1) is 6.61 Å². The zero-order valence-electron chi connectivity index (χ0n) is 21.9. The fourth-order valence-electron chi connectivity index (χ4n) is 4.56. The van der Waals surface area contributed by atoms with Crippen LogP contribution in [-0.4, -0.2) is 75.2 Å². The van der Waals surface area contributed by atoms with Crippen LogP contribution in [0.25, 0.3) is 11.1 Å². The minimum atomic E-state index is -0.330. The van der Waals surface area contributed by atoms with Gasteiger partial charge in [0.1, 0.15) is 5.75 Å². The first kappa shape index (κ1) is 27.6. The van der Waals surface area contributed by atoms with Gasteiger partial charge in [-0.25, -0.2) is 0 Å². The minimum absolute atomic E-state index is 0.209. The van der Waals surface area contributed by atoms with Crippen molar-refractivity contribution in [3.8, 4) is 16.9 Å². The largest absolute Gasteiger partial charge is 0.493 e. The molecule has 8 nitrogen and oxygen atoms in total. The summed E-state index contributed by atoms with van der Waals surface area (Å²) in [5.41, 5.74) is 15.1. The summed E-state index contributed by atoms with van der Waals surface area (Å²) in [7, 11) is 6.03. The number of aryl methyl sites for hydroxylation is 1. The lowest BCUT2D eigenvalue weighted by atomic mass is 9.99. The fraction of sp³-hybridized carbons (Fsp3) is 0.500. The Morgan fingerprint density at radius 3 is 2.39 bits per heavy atom. The number of benzene rings is 2. The molecular formula is C28H41N5O3. The highest BCUT2D eigenvalue weighted by Gasteiger charge is 2.20. The molecule has 2 aromatic carbocycles. The monoisotopic (exact) mass is 495 g/mol. The molecule has 36 heavy (non-hydrogen) atoms. The number of carbonyl (C=O) groups excluding carboxylic acids is 1. The number of nitrogens with two attached hydrogens (primary N) is 2. The molecule has 1 heterocycles. The van der Waals surface area contributed by atoms with Gasteiger partial charge in [-0.2, -0.15) is 4.99 Å². The highest BCUT2D eigenvalue weighted by atomic mass is 16.5. The molecule has 0 saturated carbocycles. The minimum Gasteiger partial charge on any atom is -0.493 e. The zero-order valence-corrected chi connectivity index (χ0v) is 21.9. The second-order valence-electron chi connectivity index (χ2n) is 9.62. The third kappa shape index (κ3) is 8.62. The SMILES string of the molecule is COCCCOc1cc(CCC(=O)N=C(N)N)ccc1-c1ccc(CN2CCC(N(C)C)CC2)cc1. The first-order valence-electron chi connectivity index (χ1n) is 12.7. The quantitative estimate of drug-likeness (QED) is 0.265. The smallest absolute Gasteiger partial charge is 0.249 e. The molecule has 0 aromatic heterocycles. The molecule has 0 radical (unpaired) electrons. The van der Waals surface area contributed by atoms with Crippen LogP contribution in [0, 0.1) is 0 Å². The van der Waals surface area contributed by atoms with E-state index >= 15 is 0 Å². The highest BCUT2D eigenvalue weighted by molar-refractivity contribution is 5.91. The molecular weight excluding hydrogens is 454 g/mol. The van der Waals surface area contributed by atoms with Gasteiger partial charge in [-0.15, -0.1) is 0 Å². The van der Waals surface area contributed by atoms with E-state index in [0.717, 1.165) is 48.5 Å². The summed E-state index contributed by atoms with van der Waals surface area (Å²) in [6.07, 6.45) is 4.01. The molecule has 1 saturated heterocycles. The van der Waals surface area contributed by atoms with Crippen molar-refractivity contribution in [3.63, 3.8) is 0 Å². The van der Waals surface area contributed by atoms with Crippen LogP contribution in [0.3, 0.4) is 0 Å². The number of likely N-dealkylation sites (tertiary alicyclic amines) is 1. The second-order valence-corrected chi connectivity index (χ2v) is 9.62. The Bertz CT molecular complexity index is 995. The summed E-state index contributed by atoms with van der Waals surface area (Å²) in [4.78, 5) is 20.3. The van der Waals surface area contributed by atoms with Gasteiger partial charge >= 0.3 is 0 Å². The molecule has 0 bridgehead atoms. The lowest BCUT2D eigenvalue weighted by Gasteiger charge is -2.35. The molecule has 1 fully saturated rings. The predicted octanol–water partition coefficient (Wildman–Crippen LogP) is 3.03. The van der Waals surface area contributed by atoms with E-state index in [1.165, 1.54) is 18.4 Å². The fourth-order valence-corrected chi connectivity index (χ4v) is 4.56. The average Bonchev–Trinajstić information content (AvgIpc) is 2.86. The van der Waals surface area contributed by atoms with Crippen LogP contribution in [-0.2, 0) is 22.5 Å². The van der Waals surface area contributed by atoms with Gasteiger partial charge in [0.25, 0.3) is 0 Å². The zero-order chi connectivity index (χ0) is 25.9. The number of guanidine groups is 1. The molecule has 1 aliphatic heterocycles. The number of ether oxygens (including phenoxy) is 2. The number of nitrogens with zero attached hydrogens (tertiary/aromatic N) is 3. The van der Waals surface area contributed by atoms with Crippen molar-refractivity contribution in [2.24, 2.45) is 16.5 Å². The Labute approximate surface area is 215 Å². The first-order valence-corrected chi connectivity index (χ1v) is 12.7. The van der Waals surface area contributed by atoms with Crippen LogP contribution in [0.2, 0.25) is 0 Å². The number of hydrogen-bond donors (Lipinski definition) is 2. The Hall–Kier alpha value is -2.94. The topological polar surface area (TPSA) is 106 Å². The van der Waals surface area contributed by atoms with Crippen molar-refractivity contribution in [2.75, 3.05) is 47.5 Å². The maximum atomic E-state index is 11.9. The van der Waals surface area contributed by atoms with E-state index in [2.05, 4.69) is 59.2 Å². The van der Waals surface area contributed by atoms with Crippen LogP contribution in [0.1, 0.15) is 36.8 Å². The summed E-state index contributed by atoms with van der Waals surface area (Å²) >= 11 is 0. The maximum Gasteiger partial charge on any atom is 0.249 e.